The van der Waals surface area contributed by atoms with Crippen LogP contribution in [0.15, 0.2) is 82.6 Å². The quantitative estimate of drug-likeness (QED) is 0.0166. The molecule has 2 aliphatic rings. The summed E-state index contributed by atoms with van der Waals surface area (Å²) in [6.45, 7) is 13.4. The number of benzene rings is 4. The van der Waals surface area contributed by atoms with Crippen molar-refractivity contribution in [2.75, 3.05) is 132 Å². The fourth-order valence-corrected chi connectivity index (χ4v) is 11.6. The van der Waals surface area contributed by atoms with Crippen LogP contribution in [0.5, 0.6) is 0 Å². The smallest absolute Gasteiger partial charge is 0.410 e. The van der Waals surface area contributed by atoms with E-state index < -0.39 is 35.1 Å². The first kappa shape index (κ1) is 64.4. The molecule has 4 aromatic carbocycles. The van der Waals surface area contributed by atoms with E-state index in [1.54, 1.807) is 38.8 Å². The van der Waals surface area contributed by atoms with Crippen molar-refractivity contribution in [3.05, 3.63) is 126 Å². The number of hydrogen-bond donors (Lipinski definition) is 6. The Bertz CT molecular complexity index is 2590. The van der Waals surface area contributed by atoms with Crippen LogP contribution in [0.1, 0.15) is 66.0 Å². The topological polar surface area (TPSA) is 202 Å². The standard InChI is InChI=1S/C55H75Cl4N9O9S2/c1-55(2,3)77-54(71)68(18-12-60-52(69)62-14-20-73-24-26-75-22-16-64-78-42-10-6-8-38(28-42)46-34-66(4)36-48-44(46)30-40(56)32-50(48)58)19-13-61-53(70)63-15-21-74-25-27-76-23-17-65-79(72)43-11-7-9-39(29-43)47-35-67(5)37-49-45(47)31-41(57)33-51(49)59/h6-11,28-33,46-47,64-65H,12-27,34-37H2,1-5H3,(H2,60,62,69)(H2,61,63,70)/t46-,47-,79?/m0/s1. The molecule has 0 aromatic heterocycles. The van der Waals surface area contributed by atoms with E-state index >= 15 is 0 Å². The minimum absolute atomic E-state index is 0.0388. The number of ether oxygens (including phenoxy) is 5. The van der Waals surface area contributed by atoms with Crippen molar-refractivity contribution in [1.82, 2.24) is 45.4 Å². The Morgan fingerprint density at radius 2 is 1.10 bits per heavy atom. The number of fused-ring (bicyclic) bond motifs is 2. The van der Waals surface area contributed by atoms with Gasteiger partial charge in [0.2, 0.25) is 0 Å². The summed E-state index contributed by atoms with van der Waals surface area (Å²) in [4.78, 5) is 45.6. The number of likely N-dealkylation sites (N-methyl/N-ethyl adjacent to an activating group) is 2. The van der Waals surface area contributed by atoms with E-state index in [-0.39, 0.29) is 57.7 Å². The lowest BCUT2D eigenvalue weighted by Gasteiger charge is -2.33. The second-order valence-electron chi connectivity index (χ2n) is 20.0. The van der Waals surface area contributed by atoms with E-state index in [4.69, 9.17) is 70.1 Å². The fraction of sp³-hybridized carbons (Fsp3) is 0.509. The van der Waals surface area contributed by atoms with Crippen molar-refractivity contribution in [2.45, 2.75) is 61.1 Å². The van der Waals surface area contributed by atoms with Crippen molar-refractivity contribution in [3.63, 3.8) is 0 Å². The van der Waals surface area contributed by atoms with Crippen molar-refractivity contribution in [3.8, 4) is 0 Å². The number of amides is 5. The first-order chi connectivity index (χ1) is 37.9. The summed E-state index contributed by atoms with van der Waals surface area (Å²) in [7, 11) is 4.16. The summed E-state index contributed by atoms with van der Waals surface area (Å²) in [6.07, 6.45) is -0.572. The molecule has 2 heterocycles. The van der Waals surface area contributed by atoms with Crippen molar-refractivity contribution >= 4 is 87.9 Å². The van der Waals surface area contributed by atoms with Gasteiger partial charge in [-0.15, -0.1) is 4.72 Å². The Balaban J connectivity index is 0.751. The van der Waals surface area contributed by atoms with Crippen molar-refractivity contribution in [1.29, 1.82) is 0 Å². The van der Waals surface area contributed by atoms with Crippen molar-refractivity contribution < 1.29 is 42.6 Å². The van der Waals surface area contributed by atoms with Gasteiger partial charge in [-0.1, -0.05) is 70.7 Å². The highest BCUT2D eigenvalue weighted by Gasteiger charge is 2.30. The molecule has 79 heavy (non-hydrogen) atoms. The molecule has 6 rings (SSSR count). The van der Waals surface area contributed by atoms with E-state index in [0.29, 0.717) is 84.3 Å². The van der Waals surface area contributed by atoms with Crippen LogP contribution >= 0.6 is 58.4 Å². The van der Waals surface area contributed by atoms with Gasteiger partial charge in [0.05, 0.1) is 70.8 Å². The molecule has 0 spiro atoms. The largest absolute Gasteiger partial charge is 0.593 e. The van der Waals surface area contributed by atoms with Crippen molar-refractivity contribution in [2.24, 2.45) is 0 Å². The molecule has 0 aliphatic carbocycles. The minimum Gasteiger partial charge on any atom is -0.593 e. The maximum Gasteiger partial charge on any atom is 0.410 e. The number of hydrogen-bond acceptors (Lipinski definition) is 14. The van der Waals surface area contributed by atoms with Gasteiger partial charge in [-0.25, -0.2) is 14.4 Å². The van der Waals surface area contributed by atoms with Gasteiger partial charge in [0.25, 0.3) is 0 Å². The molecule has 0 radical (unpaired) electrons. The van der Waals surface area contributed by atoms with Gasteiger partial charge >= 0.3 is 18.2 Å². The van der Waals surface area contributed by atoms with E-state index in [2.05, 4.69) is 78.9 Å². The van der Waals surface area contributed by atoms with Crippen LogP contribution in [0.25, 0.3) is 0 Å². The molecule has 0 saturated heterocycles. The average Bonchev–Trinajstić information content (AvgIpc) is 3.45. The molecule has 0 saturated carbocycles. The zero-order chi connectivity index (χ0) is 56.7. The molecule has 2 aliphatic heterocycles. The van der Waals surface area contributed by atoms with Gasteiger partial charge in [-0.2, -0.15) is 0 Å². The van der Waals surface area contributed by atoms with Gasteiger partial charge < -0.3 is 64.2 Å². The lowest BCUT2D eigenvalue weighted by molar-refractivity contribution is 0.0255. The number of carbonyl (C=O) groups is 3. The Morgan fingerprint density at radius 1 is 0.633 bits per heavy atom. The van der Waals surface area contributed by atoms with Crippen LogP contribution in [0.2, 0.25) is 20.1 Å². The van der Waals surface area contributed by atoms with E-state index in [0.717, 1.165) is 53.3 Å². The highest BCUT2D eigenvalue weighted by Crippen LogP contribution is 2.40. The van der Waals surface area contributed by atoms with Crippen LogP contribution in [-0.4, -0.2) is 175 Å². The molecule has 4 aromatic rings. The maximum absolute atomic E-state index is 13.1. The fourth-order valence-electron chi connectivity index (χ4n) is 8.91. The number of nitrogens with zero attached hydrogens (tertiary/aromatic N) is 3. The zero-order valence-electron chi connectivity index (χ0n) is 45.6. The van der Waals surface area contributed by atoms with Crippen LogP contribution in [0.4, 0.5) is 14.4 Å². The molecule has 5 amide bonds. The van der Waals surface area contributed by atoms with Crippen LogP contribution in [0.3, 0.4) is 0 Å². The third-order valence-electron chi connectivity index (χ3n) is 12.5. The number of halogens is 4. The third kappa shape index (κ3) is 22.1. The Labute approximate surface area is 492 Å². The molecule has 0 bridgehead atoms. The Morgan fingerprint density at radius 3 is 1.62 bits per heavy atom. The predicted octanol–water partition coefficient (Wildman–Crippen LogP) is 8.27. The average molecular weight is 1210 g/mol. The summed E-state index contributed by atoms with van der Waals surface area (Å²) < 4.78 is 47.6. The number of nitrogens with one attached hydrogen (secondary N) is 6. The first-order valence-electron chi connectivity index (χ1n) is 26.3. The molecule has 434 valence electrons. The molecule has 24 heteroatoms. The molecule has 3 atom stereocenters. The van der Waals surface area contributed by atoms with Gasteiger partial charge in [-0.05, 0) is 129 Å². The Kier molecular flexibility index (Phi) is 27.2. The summed E-state index contributed by atoms with van der Waals surface area (Å²) >= 11 is 26.0. The van der Waals surface area contributed by atoms with Gasteiger partial charge in [0, 0.05) is 109 Å². The van der Waals surface area contributed by atoms with Crippen LogP contribution in [-0.2, 0) is 48.1 Å². The highest BCUT2D eigenvalue weighted by molar-refractivity contribution is 7.97. The number of carbonyl (C=O) groups excluding carboxylic acids is 3. The normalized spacial score (nSPS) is 15.9. The number of urea groups is 2. The van der Waals surface area contributed by atoms with Gasteiger partial charge in [0.15, 0.2) is 4.90 Å². The highest BCUT2D eigenvalue weighted by atomic mass is 35.5. The van der Waals surface area contributed by atoms with E-state index in [9.17, 15) is 18.9 Å². The summed E-state index contributed by atoms with van der Waals surface area (Å²) in [5.41, 5.74) is 5.96. The predicted molar refractivity (Wildman–Crippen MR) is 314 cm³/mol. The van der Waals surface area contributed by atoms with Gasteiger partial charge in [-0.3, -0.25) is 4.72 Å². The molecule has 18 nitrogen and oxygen atoms in total. The molecule has 0 fully saturated rings. The Hall–Kier alpha value is -3.81. The third-order valence-corrected chi connectivity index (χ3v) is 15.6. The van der Waals surface area contributed by atoms with Gasteiger partial charge in [0.1, 0.15) is 5.60 Å². The first-order valence-corrected chi connectivity index (χ1v) is 29.8. The monoisotopic (exact) mass is 1210 g/mol. The zero-order valence-corrected chi connectivity index (χ0v) is 50.2. The van der Waals surface area contributed by atoms with E-state index in [1.165, 1.54) is 16.0 Å². The van der Waals surface area contributed by atoms with Crippen LogP contribution in [0, 0.1) is 0 Å². The second kappa shape index (κ2) is 33.3. The van der Waals surface area contributed by atoms with Crippen LogP contribution < -0.4 is 30.7 Å². The molecular formula is C55H75Cl4N9O9S2. The molecular weight excluding hydrogens is 1140 g/mol. The summed E-state index contributed by atoms with van der Waals surface area (Å²) in [5, 5.41) is 13.5. The SMILES string of the molecule is CN1Cc2c(Cl)cc(Cl)cc2[C@H](c2cccc(SNCCOCCOCCNC(=O)NCCN(CCNC(=O)NCCOCCOCCN[S+]([O-])c3cccc([C@@H]4CN(C)Cc5c(Cl)cc(Cl)cc54)c3)C(=O)OC(C)(C)C)c2)C1. The summed E-state index contributed by atoms with van der Waals surface area (Å²) in [6, 6.07) is 23.0. The van der Waals surface area contributed by atoms with E-state index in [1.807, 2.05) is 42.5 Å². The molecule has 6 N–H and O–H groups in total. The summed E-state index contributed by atoms with van der Waals surface area (Å²) in [5.74, 6) is 0.207. The lowest BCUT2D eigenvalue weighted by atomic mass is 9.85. The lowest BCUT2D eigenvalue weighted by Crippen LogP contribution is -2.47. The molecule has 1 unspecified atom stereocenters. The second-order valence-corrected chi connectivity index (χ2v) is 23.9. The maximum atomic E-state index is 13.1. The minimum atomic E-state index is -1.44. The number of rotatable bonds is 30.